The zero-order valence-corrected chi connectivity index (χ0v) is 16.6. The molecule has 0 aliphatic carbocycles. The predicted octanol–water partition coefficient (Wildman–Crippen LogP) is 4.75. The van der Waals surface area contributed by atoms with Crippen LogP contribution in [0.4, 0.5) is 4.79 Å². The number of carbonyl (C=O) groups is 1. The quantitative estimate of drug-likeness (QED) is 0.592. The van der Waals surface area contributed by atoms with Crippen molar-refractivity contribution in [2.45, 2.75) is 32.7 Å². The molecule has 6 nitrogen and oxygen atoms in total. The standard InChI is InChI=1S/C20H26NO5P/c1-3-25-27(23,26-4-2)19(15-17-11-7-5-8-12-17)21-20(22)24-16-18-13-9-6-10-14-18/h5-14,19H,3-4,15-16H2,1-2H3,(H,21,22)/t19-/m1/s1. The van der Waals surface area contributed by atoms with Gasteiger partial charge in [-0.1, -0.05) is 60.7 Å². The van der Waals surface area contributed by atoms with Gasteiger partial charge in [-0.2, -0.15) is 0 Å². The fourth-order valence-corrected chi connectivity index (χ4v) is 4.41. The van der Waals surface area contributed by atoms with Crippen molar-refractivity contribution >= 4 is 13.7 Å². The van der Waals surface area contributed by atoms with Gasteiger partial charge < -0.3 is 19.1 Å². The van der Waals surface area contributed by atoms with Gasteiger partial charge in [0.15, 0.2) is 0 Å². The third kappa shape index (κ3) is 6.83. The van der Waals surface area contributed by atoms with E-state index in [2.05, 4.69) is 5.32 Å². The van der Waals surface area contributed by atoms with Gasteiger partial charge in [0.1, 0.15) is 12.4 Å². The molecule has 7 heteroatoms. The molecule has 0 spiro atoms. The van der Waals surface area contributed by atoms with E-state index in [-0.39, 0.29) is 19.8 Å². The van der Waals surface area contributed by atoms with Crippen molar-refractivity contribution in [1.29, 1.82) is 0 Å². The number of benzene rings is 2. The molecule has 0 saturated heterocycles. The Morgan fingerprint density at radius 3 is 1.96 bits per heavy atom. The summed E-state index contributed by atoms with van der Waals surface area (Å²) in [5.41, 5.74) is 1.77. The summed E-state index contributed by atoms with van der Waals surface area (Å²) in [5.74, 6) is -0.844. The molecule has 1 amide bonds. The average molecular weight is 391 g/mol. The molecule has 0 aliphatic rings. The van der Waals surface area contributed by atoms with Gasteiger partial charge in [0.05, 0.1) is 13.2 Å². The lowest BCUT2D eigenvalue weighted by Gasteiger charge is -2.27. The Morgan fingerprint density at radius 2 is 1.44 bits per heavy atom. The minimum Gasteiger partial charge on any atom is -0.445 e. The molecular weight excluding hydrogens is 365 g/mol. The van der Waals surface area contributed by atoms with Gasteiger partial charge >= 0.3 is 13.7 Å². The van der Waals surface area contributed by atoms with Gasteiger partial charge in [-0.25, -0.2) is 4.79 Å². The van der Waals surface area contributed by atoms with Crippen LogP contribution in [0, 0.1) is 0 Å². The number of amides is 1. The van der Waals surface area contributed by atoms with Crippen LogP contribution >= 0.6 is 7.60 Å². The topological polar surface area (TPSA) is 73.9 Å². The molecule has 2 aromatic rings. The molecule has 27 heavy (non-hydrogen) atoms. The zero-order chi connectivity index (χ0) is 19.5. The Hall–Kier alpha value is -2.14. The second-order valence-corrected chi connectivity index (χ2v) is 8.01. The first-order chi connectivity index (χ1) is 13.1. The fourth-order valence-electron chi connectivity index (χ4n) is 2.56. The summed E-state index contributed by atoms with van der Waals surface area (Å²) in [5, 5.41) is 2.67. The summed E-state index contributed by atoms with van der Waals surface area (Å²) in [6, 6.07) is 18.8. The maximum absolute atomic E-state index is 13.2. The fraction of sp³-hybridized carbons (Fsp3) is 0.350. The molecule has 0 radical (unpaired) electrons. The van der Waals surface area contributed by atoms with Gasteiger partial charge in [-0.05, 0) is 25.0 Å². The van der Waals surface area contributed by atoms with Crippen LogP contribution in [0.3, 0.4) is 0 Å². The molecule has 2 rings (SSSR count). The lowest BCUT2D eigenvalue weighted by molar-refractivity contribution is 0.134. The van der Waals surface area contributed by atoms with Gasteiger partial charge in [-0.3, -0.25) is 4.57 Å². The number of alkyl carbamates (subject to hydrolysis) is 1. The van der Waals surface area contributed by atoms with Crippen molar-refractivity contribution in [1.82, 2.24) is 5.32 Å². The molecule has 0 fully saturated rings. The lowest BCUT2D eigenvalue weighted by atomic mass is 10.1. The van der Waals surface area contributed by atoms with Crippen LogP contribution in [0.1, 0.15) is 25.0 Å². The summed E-state index contributed by atoms with van der Waals surface area (Å²) in [4.78, 5) is 12.3. The van der Waals surface area contributed by atoms with Crippen molar-refractivity contribution in [2.75, 3.05) is 13.2 Å². The Kier molecular flexibility index (Phi) is 8.52. The van der Waals surface area contributed by atoms with Crippen LogP contribution < -0.4 is 5.32 Å². The van der Waals surface area contributed by atoms with E-state index < -0.39 is 19.5 Å². The highest BCUT2D eigenvalue weighted by Crippen LogP contribution is 2.52. The average Bonchev–Trinajstić information content (AvgIpc) is 2.68. The lowest BCUT2D eigenvalue weighted by Crippen LogP contribution is -2.37. The van der Waals surface area contributed by atoms with E-state index in [1.165, 1.54) is 0 Å². The molecule has 146 valence electrons. The van der Waals surface area contributed by atoms with Crippen molar-refractivity contribution in [3.05, 3.63) is 71.8 Å². The SMILES string of the molecule is CCOP(=O)(OCC)[C@H](Cc1ccccc1)NC(=O)OCc1ccccc1. The van der Waals surface area contributed by atoms with E-state index in [0.717, 1.165) is 11.1 Å². The molecule has 2 aromatic carbocycles. The van der Waals surface area contributed by atoms with E-state index in [9.17, 15) is 9.36 Å². The molecule has 0 heterocycles. The van der Waals surface area contributed by atoms with Crippen molar-refractivity contribution in [2.24, 2.45) is 0 Å². The van der Waals surface area contributed by atoms with Crippen LogP contribution in [0.15, 0.2) is 60.7 Å². The number of nitrogens with one attached hydrogen (secondary N) is 1. The molecule has 0 saturated carbocycles. The van der Waals surface area contributed by atoms with Crippen molar-refractivity contribution in [3.63, 3.8) is 0 Å². The summed E-state index contributed by atoms with van der Waals surface area (Å²) < 4.78 is 29.3. The Labute approximate surface area is 160 Å². The summed E-state index contributed by atoms with van der Waals surface area (Å²) in [7, 11) is -3.56. The highest BCUT2D eigenvalue weighted by Gasteiger charge is 2.37. The largest absolute Gasteiger partial charge is 0.445 e. The first-order valence-electron chi connectivity index (χ1n) is 8.97. The normalized spacial score (nSPS) is 12.4. The summed E-state index contributed by atoms with van der Waals surface area (Å²) in [6.07, 6.45) is -0.363. The Bertz CT molecular complexity index is 729. The van der Waals surface area contributed by atoms with E-state index in [0.29, 0.717) is 6.42 Å². The monoisotopic (exact) mass is 391 g/mol. The van der Waals surface area contributed by atoms with Crippen molar-refractivity contribution in [3.8, 4) is 0 Å². The molecule has 0 aromatic heterocycles. The van der Waals surface area contributed by atoms with E-state index in [1.807, 2.05) is 60.7 Å². The third-order valence-electron chi connectivity index (χ3n) is 3.77. The number of hydrogen-bond acceptors (Lipinski definition) is 5. The van der Waals surface area contributed by atoms with Gasteiger partial charge in [0.25, 0.3) is 0 Å². The molecule has 1 atom stereocenters. The van der Waals surface area contributed by atoms with E-state index in [1.54, 1.807) is 13.8 Å². The van der Waals surface area contributed by atoms with Crippen LogP contribution in [0.5, 0.6) is 0 Å². The van der Waals surface area contributed by atoms with E-state index in [4.69, 9.17) is 13.8 Å². The summed E-state index contributed by atoms with van der Waals surface area (Å²) >= 11 is 0. The second-order valence-electron chi connectivity index (χ2n) is 5.79. The maximum atomic E-state index is 13.2. The smallest absolute Gasteiger partial charge is 0.408 e. The first kappa shape index (κ1) is 21.2. The summed E-state index contributed by atoms with van der Waals surface area (Å²) in [6.45, 7) is 4.02. The zero-order valence-electron chi connectivity index (χ0n) is 15.7. The van der Waals surface area contributed by atoms with Crippen LogP contribution in [-0.2, 0) is 31.4 Å². The molecule has 1 N–H and O–H groups in total. The van der Waals surface area contributed by atoms with E-state index >= 15 is 0 Å². The molecular formula is C20H26NO5P. The Morgan fingerprint density at radius 1 is 0.926 bits per heavy atom. The molecule has 0 aliphatic heterocycles. The Balaban J connectivity index is 2.10. The first-order valence-corrected chi connectivity index (χ1v) is 10.6. The van der Waals surface area contributed by atoms with Crippen LogP contribution in [0.25, 0.3) is 0 Å². The second kappa shape index (κ2) is 10.9. The number of carbonyl (C=O) groups excluding carboxylic acids is 1. The molecule has 0 bridgehead atoms. The maximum Gasteiger partial charge on any atom is 0.408 e. The predicted molar refractivity (Wildman–Crippen MR) is 105 cm³/mol. The van der Waals surface area contributed by atoms with Crippen molar-refractivity contribution < 1.29 is 23.1 Å². The minimum absolute atomic E-state index is 0.123. The number of ether oxygens (including phenoxy) is 1. The van der Waals surface area contributed by atoms with Gasteiger partial charge in [0.2, 0.25) is 0 Å². The number of rotatable bonds is 10. The number of hydrogen-bond donors (Lipinski definition) is 1. The van der Waals surface area contributed by atoms with Crippen LogP contribution in [0.2, 0.25) is 0 Å². The third-order valence-corrected chi connectivity index (χ3v) is 6.08. The highest BCUT2D eigenvalue weighted by atomic mass is 31.2. The van der Waals surface area contributed by atoms with Crippen LogP contribution in [-0.4, -0.2) is 25.1 Å². The van der Waals surface area contributed by atoms with Gasteiger partial charge in [-0.15, -0.1) is 0 Å². The minimum atomic E-state index is -3.56. The molecule has 0 unspecified atom stereocenters. The van der Waals surface area contributed by atoms with Gasteiger partial charge in [0, 0.05) is 6.42 Å². The highest BCUT2D eigenvalue weighted by molar-refractivity contribution is 7.54.